The van der Waals surface area contributed by atoms with Crippen LogP contribution in [0.15, 0.2) is 0 Å². The van der Waals surface area contributed by atoms with Crippen LogP contribution in [0, 0.1) is 17.3 Å². The monoisotopic (exact) mass is 222 g/mol. The third-order valence-electron chi connectivity index (χ3n) is 5.47. The molecule has 2 aliphatic carbocycles. The van der Waals surface area contributed by atoms with E-state index in [4.69, 9.17) is 0 Å². The number of nitrogens with zero attached hydrogens (tertiary/aromatic N) is 1. The minimum atomic E-state index is 0.767. The van der Waals surface area contributed by atoms with Crippen LogP contribution in [0.3, 0.4) is 0 Å². The van der Waals surface area contributed by atoms with Crippen molar-refractivity contribution in [1.82, 2.24) is 10.2 Å². The van der Waals surface area contributed by atoms with E-state index in [0.717, 1.165) is 23.3 Å². The first-order valence-electron chi connectivity index (χ1n) is 7.12. The molecule has 2 saturated carbocycles. The second kappa shape index (κ2) is 3.99. The Morgan fingerprint density at radius 3 is 2.62 bits per heavy atom. The summed E-state index contributed by atoms with van der Waals surface area (Å²) in [5.74, 6) is 2.04. The molecular weight excluding hydrogens is 196 g/mol. The zero-order chi connectivity index (χ0) is 11.2. The van der Waals surface area contributed by atoms with Crippen LogP contribution in [0.2, 0.25) is 0 Å². The van der Waals surface area contributed by atoms with E-state index in [0.29, 0.717) is 0 Å². The highest BCUT2D eigenvalue weighted by atomic mass is 15.1. The lowest BCUT2D eigenvalue weighted by Crippen LogP contribution is -2.35. The fraction of sp³-hybridized carbons (Fsp3) is 1.00. The maximum absolute atomic E-state index is 3.49. The predicted octanol–water partition coefficient (Wildman–Crippen LogP) is 2.11. The van der Waals surface area contributed by atoms with E-state index in [2.05, 4.69) is 24.2 Å². The summed E-state index contributed by atoms with van der Waals surface area (Å²) in [6, 6.07) is 0.833. The molecule has 16 heavy (non-hydrogen) atoms. The molecule has 0 radical (unpaired) electrons. The first kappa shape index (κ1) is 11.0. The second-order valence-electron chi connectivity index (χ2n) is 6.53. The molecule has 3 rings (SSSR count). The van der Waals surface area contributed by atoms with Crippen molar-refractivity contribution in [3.63, 3.8) is 0 Å². The summed E-state index contributed by atoms with van der Waals surface area (Å²) in [6.07, 6.45) is 7.33. The van der Waals surface area contributed by atoms with E-state index in [1.54, 1.807) is 0 Å². The van der Waals surface area contributed by atoms with Gasteiger partial charge in [0.15, 0.2) is 0 Å². The summed E-state index contributed by atoms with van der Waals surface area (Å²) in [4.78, 5) is 2.64. The van der Waals surface area contributed by atoms with Crippen LogP contribution in [0.25, 0.3) is 0 Å². The Hall–Kier alpha value is -0.0800. The highest BCUT2D eigenvalue weighted by Gasteiger charge is 2.54. The molecule has 3 aliphatic rings. The van der Waals surface area contributed by atoms with Crippen LogP contribution in [0.5, 0.6) is 0 Å². The molecule has 1 N–H and O–H groups in total. The quantitative estimate of drug-likeness (QED) is 0.784. The first-order valence-corrected chi connectivity index (χ1v) is 7.12. The Labute approximate surface area is 99.8 Å². The van der Waals surface area contributed by atoms with Gasteiger partial charge in [-0.15, -0.1) is 0 Å². The van der Waals surface area contributed by atoms with Gasteiger partial charge in [-0.25, -0.2) is 0 Å². The lowest BCUT2D eigenvalue weighted by molar-refractivity contribution is 0.202. The molecule has 0 bridgehead atoms. The largest absolute Gasteiger partial charge is 0.317 e. The molecule has 1 spiro atoms. The van der Waals surface area contributed by atoms with Crippen molar-refractivity contribution in [1.29, 1.82) is 0 Å². The number of rotatable bonds is 4. The lowest BCUT2D eigenvalue weighted by Gasteiger charge is -2.28. The average Bonchev–Trinajstić information content (AvgIpc) is 3.18. The van der Waals surface area contributed by atoms with Gasteiger partial charge in [-0.05, 0) is 76.4 Å². The third-order valence-corrected chi connectivity index (χ3v) is 5.47. The van der Waals surface area contributed by atoms with E-state index in [-0.39, 0.29) is 0 Å². The minimum Gasteiger partial charge on any atom is -0.317 e. The lowest BCUT2D eigenvalue weighted by atomic mass is 9.91. The molecule has 1 aliphatic heterocycles. The van der Waals surface area contributed by atoms with E-state index < -0.39 is 0 Å². The fourth-order valence-electron chi connectivity index (χ4n) is 3.68. The fourth-order valence-corrected chi connectivity index (χ4v) is 3.68. The standard InChI is InChI=1S/C14H26N2/c1-11(12-3-4-12)16(2)10-13-9-14(13)5-7-15-8-6-14/h11-13,15H,3-10H2,1-2H3. The summed E-state index contributed by atoms with van der Waals surface area (Å²) < 4.78 is 0. The number of nitrogens with one attached hydrogen (secondary N) is 1. The summed E-state index contributed by atoms with van der Waals surface area (Å²) in [6.45, 7) is 6.31. The molecule has 0 aromatic heterocycles. The number of hydrogen-bond acceptors (Lipinski definition) is 2. The summed E-state index contributed by atoms with van der Waals surface area (Å²) >= 11 is 0. The molecule has 1 heterocycles. The first-order chi connectivity index (χ1) is 7.71. The van der Waals surface area contributed by atoms with Crippen LogP contribution in [-0.2, 0) is 0 Å². The maximum Gasteiger partial charge on any atom is 0.00922 e. The SMILES string of the molecule is CC(C1CC1)N(C)CC1CC12CCNCC2. The second-order valence-corrected chi connectivity index (χ2v) is 6.53. The number of piperidine rings is 1. The molecule has 0 amide bonds. The van der Waals surface area contributed by atoms with Gasteiger partial charge >= 0.3 is 0 Å². The van der Waals surface area contributed by atoms with Crippen LogP contribution in [0.1, 0.15) is 39.0 Å². The van der Waals surface area contributed by atoms with E-state index >= 15 is 0 Å². The van der Waals surface area contributed by atoms with Gasteiger partial charge < -0.3 is 10.2 Å². The van der Waals surface area contributed by atoms with Crippen LogP contribution < -0.4 is 5.32 Å². The Morgan fingerprint density at radius 1 is 1.31 bits per heavy atom. The molecule has 2 unspecified atom stereocenters. The van der Waals surface area contributed by atoms with Crippen LogP contribution in [0.4, 0.5) is 0 Å². The molecular formula is C14H26N2. The average molecular weight is 222 g/mol. The molecule has 3 fully saturated rings. The predicted molar refractivity (Wildman–Crippen MR) is 67.5 cm³/mol. The molecule has 1 saturated heterocycles. The molecule has 2 nitrogen and oxygen atoms in total. The molecule has 0 aromatic rings. The van der Waals surface area contributed by atoms with Crippen LogP contribution in [-0.4, -0.2) is 37.6 Å². The van der Waals surface area contributed by atoms with Crippen molar-refractivity contribution in [2.24, 2.45) is 17.3 Å². The minimum absolute atomic E-state index is 0.767. The molecule has 2 atom stereocenters. The van der Waals surface area contributed by atoms with Gasteiger partial charge in [0.2, 0.25) is 0 Å². The van der Waals surface area contributed by atoms with Crippen molar-refractivity contribution in [3.05, 3.63) is 0 Å². The van der Waals surface area contributed by atoms with Gasteiger partial charge in [-0.2, -0.15) is 0 Å². The smallest absolute Gasteiger partial charge is 0.00922 e. The van der Waals surface area contributed by atoms with Gasteiger partial charge in [0.25, 0.3) is 0 Å². The van der Waals surface area contributed by atoms with Crippen molar-refractivity contribution >= 4 is 0 Å². The highest BCUT2D eigenvalue weighted by molar-refractivity contribution is 5.05. The molecule has 2 heteroatoms. The zero-order valence-electron chi connectivity index (χ0n) is 10.8. The molecule has 92 valence electrons. The van der Waals surface area contributed by atoms with Crippen molar-refractivity contribution in [2.75, 3.05) is 26.7 Å². The van der Waals surface area contributed by atoms with Crippen molar-refractivity contribution < 1.29 is 0 Å². The van der Waals surface area contributed by atoms with Crippen LogP contribution >= 0.6 is 0 Å². The van der Waals surface area contributed by atoms with E-state index in [1.807, 2.05) is 0 Å². The Balaban J connectivity index is 1.48. The van der Waals surface area contributed by atoms with Crippen molar-refractivity contribution in [2.45, 2.75) is 45.1 Å². The van der Waals surface area contributed by atoms with Gasteiger partial charge in [0.1, 0.15) is 0 Å². The Morgan fingerprint density at radius 2 is 2.00 bits per heavy atom. The highest BCUT2D eigenvalue weighted by Crippen LogP contribution is 2.58. The third kappa shape index (κ3) is 2.02. The number of hydrogen-bond donors (Lipinski definition) is 1. The normalized spacial score (nSPS) is 34.3. The zero-order valence-corrected chi connectivity index (χ0v) is 10.8. The summed E-state index contributed by atoms with van der Waals surface area (Å²) in [5.41, 5.74) is 0.767. The maximum atomic E-state index is 3.49. The van der Waals surface area contributed by atoms with Gasteiger partial charge in [0, 0.05) is 12.6 Å². The van der Waals surface area contributed by atoms with Gasteiger partial charge in [0.05, 0.1) is 0 Å². The van der Waals surface area contributed by atoms with E-state index in [9.17, 15) is 0 Å². The van der Waals surface area contributed by atoms with Gasteiger partial charge in [-0.1, -0.05) is 0 Å². The van der Waals surface area contributed by atoms with Gasteiger partial charge in [-0.3, -0.25) is 0 Å². The summed E-state index contributed by atoms with van der Waals surface area (Å²) in [5, 5.41) is 3.49. The Bertz CT molecular complexity index is 253. The topological polar surface area (TPSA) is 15.3 Å². The van der Waals surface area contributed by atoms with E-state index in [1.165, 1.54) is 51.7 Å². The van der Waals surface area contributed by atoms with Crippen molar-refractivity contribution in [3.8, 4) is 0 Å². The Kier molecular flexibility index (Phi) is 2.75. The summed E-state index contributed by atoms with van der Waals surface area (Å²) in [7, 11) is 2.34. The molecule has 0 aromatic carbocycles.